The van der Waals surface area contributed by atoms with E-state index in [2.05, 4.69) is 32.6 Å². The molecule has 5 rings (SSSR count). The molecule has 3 aromatic carbocycles. The molecule has 0 radical (unpaired) electrons. The maximum absolute atomic E-state index is 13.6. The lowest BCUT2D eigenvalue weighted by molar-refractivity contribution is -0.137. The van der Waals surface area contributed by atoms with Crippen LogP contribution in [-0.2, 0) is 28.2 Å². The summed E-state index contributed by atoms with van der Waals surface area (Å²) in [6.45, 7) is 0.334. The van der Waals surface area contributed by atoms with Gasteiger partial charge < -0.3 is 10.6 Å². The number of sulfone groups is 1. The fraction of sp³-hybridized carbons (Fsp3) is 0.121. The van der Waals surface area contributed by atoms with E-state index in [0.29, 0.717) is 24.2 Å². The van der Waals surface area contributed by atoms with Crippen LogP contribution in [0.5, 0.6) is 0 Å². The molecule has 0 saturated carbocycles. The lowest BCUT2D eigenvalue weighted by atomic mass is 10.1. The summed E-state index contributed by atoms with van der Waals surface area (Å²) in [4.78, 5) is 16.4. The Kier molecular flexibility index (Phi) is 9.48. The second kappa shape index (κ2) is 13.7. The van der Waals surface area contributed by atoms with E-state index in [1.165, 1.54) is 71.5 Å². The van der Waals surface area contributed by atoms with Gasteiger partial charge in [-0.1, -0.05) is 17.9 Å². The largest absolute Gasteiger partial charge is 0.416 e. The fourth-order valence-corrected chi connectivity index (χ4v) is 5.77. The highest BCUT2D eigenvalue weighted by Crippen LogP contribution is 2.30. The summed E-state index contributed by atoms with van der Waals surface area (Å²) in [7, 11) is -4.06. The molecule has 8 nitrogen and oxygen atoms in total. The molecule has 46 heavy (non-hydrogen) atoms. The number of amides is 2. The molecule has 0 spiro atoms. The molecule has 5 aromatic rings. The Morgan fingerprint density at radius 2 is 1.70 bits per heavy atom. The third-order valence-corrected chi connectivity index (χ3v) is 8.32. The van der Waals surface area contributed by atoms with Crippen molar-refractivity contribution in [3.63, 3.8) is 0 Å². The first-order valence-corrected chi connectivity index (χ1v) is 15.4. The highest BCUT2D eigenvalue weighted by Gasteiger charge is 2.30. The van der Waals surface area contributed by atoms with Gasteiger partial charge in [-0.3, -0.25) is 4.98 Å². The molecular weight excluding hydrogens is 622 g/mol. The molecule has 0 aliphatic carbocycles. The van der Waals surface area contributed by atoms with E-state index in [0.717, 1.165) is 17.7 Å². The summed E-state index contributed by atoms with van der Waals surface area (Å²) >= 11 is 0. The number of urea groups is 1. The van der Waals surface area contributed by atoms with Crippen molar-refractivity contribution >= 4 is 21.6 Å². The van der Waals surface area contributed by atoms with E-state index in [-0.39, 0.29) is 21.8 Å². The SMILES string of the molecule is O=C(NCCc1cccnc1)Nc1ccc(S(=O)(=O)Cc2ccn(-c3ccc(C(F)(F)F)cc3)n2)c(C#Cc2ccc(F)cc2)c1. The highest BCUT2D eigenvalue weighted by molar-refractivity contribution is 7.90. The summed E-state index contributed by atoms with van der Waals surface area (Å²) in [6, 6.07) is 18.4. The number of carbonyl (C=O) groups is 1. The van der Waals surface area contributed by atoms with Crippen LogP contribution < -0.4 is 10.6 Å². The Hall–Kier alpha value is -5.48. The van der Waals surface area contributed by atoms with Crippen LogP contribution in [0, 0.1) is 17.7 Å². The number of hydrogen-bond acceptors (Lipinski definition) is 5. The maximum atomic E-state index is 13.6. The summed E-state index contributed by atoms with van der Waals surface area (Å²) in [6.07, 6.45) is 0.864. The topological polar surface area (TPSA) is 106 Å². The molecule has 234 valence electrons. The van der Waals surface area contributed by atoms with Gasteiger partial charge in [0.05, 0.1) is 27.6 Å². The van der Waals surface area contributed by atoms with Crippen molar-refractivity contribution in [3.05, 3.63) is 137 Å². The summed E-state index contributed by atoms with van der Waals surface area (Å²) in [5, 5.41) is 9.64. The summed E-state index contributed by atoms with van der Waals surface area (Å²) in [5.41, 5.74) is 1.39. The molecule has 2 N–H and O–H groups in total. The highest BCUT2D eigenvalue weighted by atomic mass is 32.2. The average Bonchev–Trinajstić information content (AvgIpc) is 3.48. The van der Waals surface area contributed by atoms with Crippen molar-refractivity contribution in [2.45, 2.75) is 23.2 Å². The predicted molar refractivity (Wildman–Crippen MR) is 163 cm³/mol. The van der Waals surface area contributed by atoms with Crippen LogP contribution >= 0.6 is 0 Å². The fourth-order valence-electron chi connectivity index (χ4n) is 4.35. The van der Waals surface area contributed by atoms with E-state index in [1.54, 1.807) is 18.5 Å². The normalized spacial score (nSPS) is 11.4. The van der Waals surface area contributed by atoms with Gasteiger partial charge in [0.2, 0.25) is 0 Å². The molecule has 0 unspecified atom stereocenters. The van der Waals surface area contributed by atoms with Crippen molar-refractivity contribution in [1.82, 2.24) is 20.1 Å². The van der Waals surface area contributed by atoms with Crippen LogP contribution in [0.4, 0.5) is 28.0 Å². The summed E-state index contributed by atoms with van der Waals surface area (Å²) in [5.74, 6) is 4.66. The van der Waals surface area contributed by atoms with Gasteiger partial charge in [0, 0.05) is 41.9 Å². The van der Waals surface area contributed by atoms with Crippen LogP contribution in [0.25, 0.3) is 5.69 Å². The Bertz CT molecular complexity index is 2000. The maximum Gasteiger partial charge on any atom is 0.416 e. The number of halogens is 4. The van der Waals surface area contributed by atoms with Crippen LogP contribution in [-0.4, -0.2) is 35.8 Å². The number of rotatable bonds is 8. The van der Waals surface area contributed by atoms with Gasteiger partial charge in [-0.15, -0.1) is 0 Å². The lowest BCUT2D eigenvalue weighted by Gasteiger charge is -2.11. The average molecular weight is 648 g/mol. The zero-order chi connectivity index (χ0) is 32.7. The zero-order valence-corrected chi connectivity index (χ0v) is 24.7. The Labute approximate surface area is 262 Å². The van der Waals surface area contributed by atoms with Gasteiger partial charge in [-0.2, -0.15) is 18.3 Å². The molecule has 0 saturated heterocycles. The first-order chi connectivity index (χ1) is 22.0. The number of nitrogens with one attached hydrogen (secondary N) is 2. The molecule has 0 atom stereocenters. The molecule has 0 aliphatic heterocycles. The van der Waals surface area contributed by atoms with Gasteiger partial charge in [-0.05, 0) is 90.8 Å². The minimum absolute atomic E-state index is 0.0830. The minimum Gasteiger partial charge on any atom is -0.338 e. The van der Waals surface area contributed by atoms with Gasteiger partial charge in [0.1, 0.15) is 5.82 Å². The third-order valence-electron chi connectivity index (χ3n) is 6.62. The molecule has 2 amide bonds. The third kappa shape index (κ3) is 8.36. The smallest absolute Gasteiger partial charge is 0.338 e. The number of carbonyl (C=O) groups excluding carboxylic acids is 1. The number of pyridine rings is 1. The van der Waals surface area contributed by atoms with Gasteiger partial charge in [0.15, 0.2) is 9.84 Å². The Morgan fingerprint density at radius 3 is 2.39 bits per heavy atom. The van der Waals surface area contributed by atoms with Gasteiger partial charge in [0.25, 0.3) is 0 Å². The van der Waals surface area contributed by atoms with Crippen molar-refractivity contribution < 1.29 is 30.8 Å². The van der Waals surface area contributed by atoms with E-state index < -0.39 is 39.2 Å². The first-order valence-electron chi connectivity index (χ1n) is 13.8. The van der Waals surface area contributed by atoms with Crippen LogP contribution in [0.2, 0.25) is 0 Å². The quantitative estimate of drug-likeness (QED) is 0.155. The van der Waals surface area contributed by atoms with Crippen LogP contribution in [0.1, 0.15) is 27.9 Å². The standard InChI is InChI=1S/C33H25F4N5O3S/c34-27-9-4-23(5-10-27)3-6-25-20-28(40-32(43)39-18-15-24-2-1-17-38-21-24)11-14-31(25)46(44,45)22-29-16-19-42(41-29)30-12-7-26(8-13-30)33(35,36)37/h1-2,4-5,7-14,16-17,19-21H,15,18,22H2,(H2,39,40,43). The predicted octanol–water partition coefficient (Wildman–Crippen LogP) is 6.16. The number of hydrogen-bond donors (Lipinski definition) is 2. The molecule has 0 aliphatic rings. The zero-order valence-electron chi connectivity index (χ0n) is 23.9. The van der Waals surface area contributed by atoms with Gasteiger partial charge >= 0.3 is 12.2 Å². The molecule has 2 heterocycles. The molecule has 2 aromatic heterocycles. The van der Waals surface area contributed by atoms with Crippen LogP contribution in [0.15, 0.2) is 108 Å². The first kappa shape index (κ1) is 31.9. The second-order valence-electron chi connectivity index (χ2n) is 10.0. The number of aromatic nitrogens is 3. The number of benzene rings is 3. The Morgan fingerprint density at radius 1 is 0.935 bits per heavy atom. The number of nitrogens with zero attached hydrogens (tertiary/aromatic N) is 3. The molecule has 13 heteroatoms. The van der Waals surface area contributed by atoms with Crippen molar-refractivity contribution in [2.24, 2.45) is 0 Å². The molecular formula is C33H25F4N5O3S. The van der Waals surface area contributed by atoms with Crippen LogP contribution in [0.3, 0.4) is 0 Å². The van der Waals surface area contributed by atoms with E-state index in [1.807, 2.05) is 6.07 Å². The van der Waals surface area contributed by atoms with Crippen molar-refractivity contribution in [2.75, 3.05) is 11.9 Å². The van der Waals surface area contributed by atoms with Gasteiger partial charge in [-0.25, -0.2) is 22.3 Å². The monoisotopic (exact) mass is 647 g/mol. The Balaban J connectivity index is 1.36. The van der Waals surface area contributed by atoms with Crippen molar-refractivity contribution in [3.8, 4) is 17.5 Å². The van der Waals surface area contributed by atoms with E-state index >= 15 is 0 Å². The van der Waals surface area contributed by atoms with E-state index in [9.17, 15) is 30.8 Å². The number of alkyl halides is 3. The minimum atomic E-state index is -4.49. The van der Waals surface area contributed by atoms with Crippen molar-refractivity contribution in [1.29, 1.82) is 0 Å². The second-order valence-corrected chi connectivity index (χ2v) is 12.0. The lowest BCUT2D eigenvalue weighted by Crippen LogP contribution is -2.30. The molecule has 0 bridgehead atoms. The van der Waals surface area contributed by atoms with E-state index in [4.69, 9.17) is 0 Å². The summed E-state index contributed by atoms with van der Waals surface area (Å²) < 4.78 is 80.6. The molecule has 0 fully saturated rings. The number of anilines is 1.